The number of carboxylic acids is 1. The van der Waals surface area contributed by atoms with E-state index in [0.717, 1.165) is 11.3 Å². The van der Waals surface area contributed by atoms with Crippen molar-refractivity contribution in [3.63, 3.8) is 0 Å². The summed E-state index contributed by atoms with van der Waals surface area (Å²) in [5, 5.41) is 22.3. The highest BCUT2D eigenvalue weighted by Crippen LogP contribution is 2.31. The van der Waals surface area contributed by atoms with Crippen LogP contribution in [0.4, 0.5) is 17.2 Å². The molecule has 0 saturated carbocycles. The van der Waals surface area contributed by atoms with Crippen molar-refractivity contribution in [1.82, 2.24) is 14.6 Å². The number of carboxylic acid groups (broad SMARTS) is 1. The van der Waals surface area contributed by atoms with Gasteiger partial charge in [-0.05, 0) is 36.4 Å². The summed E-state index contributed by atoms with van der Waals surface area (Å²) < 4.78 is 1.58. The molecule has 9 heteroatoms. The predicted octanol–water partition coefficient (Wildman–Crippen LogP) is 4.75. The van der Waals surface area contributed by atoms with Gasteiger partial charge >= 0.3 is 5.97 Å². The minimum atomic E-state index is -1.04. The Hall–Kier alpha value is -3.78. The quantitative estimate of drug-likeness (QED) is 0.486. The van der Waals surface area contributed by atoms with E-state index in [1.165, 1.54) is 12.1 Å². The zero-order valence-corrected chi connectivity index (χ0v) is 15.1. The molecule has 0 fully saturated rings. The van der Waals surface area contributed by atoms with Gasteiger partial charge in [-0.25, -0.2) is 14.3 Å². The molecule has 0 bridgehead atoms. The van der Waals surface area contributed by atoms with Crippen LogP contribution in [-0.4, -0.2) is 25.7 Å². The molecule has 0 aliphatic carbocycles. The van der Waals surface area contributed by atoms with Crippen LogP contribution in [-0.2, 0) is 0 Å². The third kappa shape index (κ3) is 3.28. The number of aromatic nitrogens is 3. The molecule has 28 heavy (non-hydrogen) atoms. The highest BCUT2D eigenvalue weighted by atomic mass is 35.5. The molecule has 0 radical (unpaired) electrons. The van der Waals surface area contributed by atoms with Gasteiger partial charge in [0.1, 0.15) is 0 Å². The number of nitrogens with two attached hydrogens (primary N) is 1. The number of hydrogen-bond donors (Lipinski definition) is 2. The molecule has 0 spiro atoms. The molecule has 138 valence electrons. The third-order valence-corrected chi connectivity index (χ3v) is 4.27. The van der Waals surface area contributed by atoms with Crippen LogP contribution in [0.25, 0.3) is 16.9 Å². The second-order valence-electron chi connectivity index (χ2n) is 5.86. The van der Waals surface area contributed by atoms with E-state index >= 15 is 0 Å². The number of rotatable bonds is 4. The van der Waals surface area contributed by atoms with Crippen molar-refractivity contribution in [3.05, 3.63) is 71.4 Å². The Balaban J connectivity index is 1.77. The molecule has 4 aromatic rings. The van der Waals surface area contributed by atoms with Crippen LogP contribution >= 0.6 is 11.6 Å². The van der Waals surface area contributed by atoms with E-state index in [4.69, 9.17) is 22.4 Å². The summed E-state index contributed by atoms with van der Waals surface area (Å²) in [5.74, 6) is -0.881. The van der Waals surface area contributed by atoms with E-state index in [1.54, 1.807) is 41.0 Å². The molecule has 0 atom stereocenters. The van der Waals surface area contributed by atoms with Crippen LogP contribution in [0.5, 0.6) is 0 Å². The van der Waals surface area contributed by atoms with Crippen molar-refractivity contribution in [1.29, 1.82) is 0 Å². The zero-order chi connectivity index (χ0) is 19.7. The fourth-order valence-corrected chi connectivity index (χ4v) is 2.82. The Labute approximate surface area is 163 Å². The van der Waals surface area contributed by atoms with Gasteiger partial charge in [0.2, 0.25) is 0 Å². The van der Waals surface area contributed by atoms with Gasteiger partial charge in [0.05, 0.1) is 16.9 Å². The van der Waals surface area contributed by atoms with E-state index in [9.17, 15) is 4.79 Å². The van der Waals surface area contributed by atoms with Crippen LogP contribution in [0, 0.1) is 0 Å². The first-order valence-corrected chi connectivity index (χ1v) is 8.55. The lowest BCUT2D eigenvalue weighted by atomic mass is 10.1. The normalized spacial score (nSPS) is 11.3. The highest BCUT2D eigenvalue weighted by Gasteiger charge is 2.15. The van der Waals surface area contributed by atoms with Crippen LogP contribution in [0.3, 0.4) is 0 Å². The molecule has 2 heterocycles. The van der Waals surface area contributed by atoms with E-state index < -0.39 is 5.97 Å². The molecular weight excluding hydrogens is 380 g/mol. The molecule has 0 aliphatic heterocycles. The molecule has 0 unspecified atom stereocenters. The maximum absolute atomic E-state index is 11.1. The lowest BCUT2D eigenvalue weighted by Gasteiger charge is -2.04. The zero-order valence-electron chi connectivity index (χ0n) is 14.3. The second-order valence-corrected chi connectivity index (χ2v) is 6.30. The molecule has 0 saturated heterocycles. The first kappa shape index (κ1) is 17.6. The van der Waals surface area contributed by atoms with Crippen molar-refractivity contribution in [2.75, 3.05) is 5.73 Å². The van der Waals surface area contributed by atoms with Gasteiger partial charge in [0.15, 0.2) is 17.2 Å². The fraction of sp³-hybridized carbons (Fsp3) is 0. The van der Waals surface area contributed by atoms with Crippen LogP contribution in [0.15, 0.2) is 71.0 Å². The number of nitrogen functional groups attached to an aromatic ring is 1. The third-order valence-electron chi connectivity index (χ3n) is 4.02. The number of anilines is 1. The smallest absolute Gasteiger partial charge is 0.335 e. The minimum absolute atomic E-state index is 0.118. The van der Waals surface area contributed by atoms with Crippen molar-refractivity contribution in [2.24, 2.45) is 10.2 Å². The van der Waals surface area contributed by atoms with Crippen molar-refractivity contribution < 1.29 is 9.90 Å². The molecule has 2 aromatic carbocycles. The summed E-state index contributed by atoms with van der Waals surface area (Å²) in [7, 11) is 0. The standard InChI is InChI=1S/C19H13ClN6O2/c20-13-6-4-11(5-7-13)15-8-9-22-18-16(17(21)25-26(15)18)24-23-14-3-1-2-12(10-14)19(27)28/h1-10H,(H2,21,25)(H,27,28). The van der Waals surface area contributed by atoms with Gasteiger partial charge in [0, 0.05) is 16.8 Å². The van der Waals surface area contributed by atoms with Gasteiger partial charge in [-0.2, -0.15) is 5.11 Å². The Morgan fingerprint density at radius 2 is 1.89 bits per heavy atom. The van der Waals surface area contributed by atoms with E-state index in [-0.39, 0.29) is 11.4 Å². The summed E-state index contributed by atoms with van der Waals surface area (Å²) in [5.41, 5.74) is 8.91. The molecular formula is C19H13ClN6O2. The molecule has 0 aliphatic rings. The number of azo groups is 1. The lowest BCUT2D eigenvalue weighted by Crippen LogP contribution is -1.96. The first-order chi connectivity index (χ1) is 13.5. The van der Waals surface area contributed by atoms with E-state index in [0.29, 0.717) is 22.0 Å². The number of hydrogen-bond acceptors (Lipinski definition) is 6. The van der Waals surface area contributed by atoms with E-state index in [1.807, 2.05) is 12.1 Å². The van der Waals surface area contributed by atoms with Gasteiger partial charge in [-0.3, -0.25) is 0 Å². The maximum Gasteiger partial charge on any atom is 0.335 e. The van der Waals surface area contributed by atoms with Crippen LogP contribution in [0.1, 0.15) is 10.4 Å². The molecule has 4 rings (SSSR count). The lowest BCUT2D eigenvalue weighted by molar-refractivity contribution is 0.0697. The van der Waals surface area contributed by atoms with Crippen LogP contribution < -0.4 is 5.73 Å². The highest BCUT2D eigenvalue weighted by molar-refractivity contribution is 6.30. The number of fused-ring (bicyclic) bond motifs is 1. The Morgan fingerprint density at radius 1 is 1.11 bits per heavy atom. The van der Waals surface area contributed by atoms with Gasteiger partial charge in [-0.1, -0.05) is 29.8 Å². The molecule has 8 nitrogen and oxygen atoms in total. The van der Waals surface area contributed by atoms with E-state index in [2.05, 4.69) is 20.3 Å². The van der Waals surface area contributed by atoms with Gasteiger partial charge < -0.3 is 10.8 Å². The number of aromatic carboxylic acids is 1. The molecule has 0 amide bonds. The second kappa shape index (κ2) is 7.09. The topological polar surface area (TPSA) is 118 Å². The number of halogens is 1. The number of carbonyl (C=O) groups is 1. The summed E-state index contributed by atoms with van der Waals surface area (Å²) in [4.78, 5) is 15.4. The maximum atomic E-state index is 11.1. The monoisotopic (exact) mass is 392 g/mol. The fourth-order valence-electron chi connectivity index (χ4n) is 2.69. The van der Waals surface area contributed by atoms with Crippen LogP contribution in [0.2, 0.25) is 5.02 Å². The predicted molar refractivity (Wildman–Crippen MR) is 105 cm³/mol. The largest absolute Gasteiger partial charge is 0.478 e. The average Bonchev–Trinajstić information content (AvgIpc) is 3.02. The molecule has 3 N–H and O–H groups in total. The van der Waals surface area contributed by atoms with Gasteiger partial charge in [0.25, 0.3) is 0 Å². The van der Waals surface area contributed by atoms with Crippen molar-refractivity contribution >= 4 is 40.4 Å². The van der Waals surface area contributed by atoms with Crippen molar-refractivity contribution in [2.45, 2.75) is 0 Å². The Morgan fingerprint density at radius 3 is 2.64 bits per heavy atom. The summed E-state index contributed by atoms with van der Waals surface area (Å²) >= 11 is 5.96. The first-order valence-electron chi connectivity index (χ1n) is 8.17. The summed E-state index contributed by atoms with van der Waals surface area (Å²) in [6, 6.07) is 15.2. The number of nitrogens with zero attached hydrogens (tertiary/aromatic N) is 5. The van der Waals surface area contributed by atoms with Crippen molar-refractivity contribution in [3.8, 4) is 11.3 Å². The molecule has 2 aromatic heterocycles. The summed E-state index contributed by atoms with van der Waals surface area (Å²) in [6.07, 6.45) is 1.63. The number of benzene rings is 2. The Kier molecular flexibility index (Phi) is 4.46. The summed E-state index contributed by atoms with van der Waals surface area (Å²) in [6.45, 7) is 0. The average molecular weight is 393 g/mol. The minimum Gasteiger partial charge on any atom is -0.478 e. The van der Waals surface area contributed by atoms with Gasteiger partial charge in [-0.15, -0.1) is 10.2 Å². The Bertz CT molecular complexity index is 1220. The SMILES string of the molecule is Nc1nn2c(-c3ccc(Cl)cc3)ccnc2c1N=Nc1cccc(C(=O)O)c1.